The summed E-state index contributed by atoms with van der Waals surface area (Å²) in [7, 11) is 0. The molecular weight excluding hydrogens is 284 g/mol. The highest BCUT2D eigenvalue weighted by molar-refractivity contribution is 6.31. The minimum atomic E-state index is 0.0180. The van der Waals surface area contributed by atoms with Gasteiger partial charge in [0.25, 0.3) is 0 Å². The fourth-order valence-corrected chi connectivity index (χ4v) is 2.47. The van der Waals surface area contributed by atoms with Crippen molar-refractivity contribution in [1.29, 1.82) is 0 Å². The minimum absolute atomic E-state index is 0.0180. The molecule has 0 aromatic heterocycles. The van der Waals surface area contributed by atoms with Gasteiger partial charge in [-0.1, -0.05) is 57.5 Å². The zero-order valence-corrected chi connectivity index (χ0v) is 14.3. The molecule has 0 aliphatic rings. The molecule has 0 saturated carbocycles. The largest absolute Gasteiger partial charge is 0.338 e. The van der Waals surface area contributed by atoms with Crippen molar-refractivity contribution in [3.8, 4) is 0 Å². The second-order valence-electron chi connectivity index (χ2n) is 6.27. The van der Waals surface area contributed by atoms with Crippen molar-refractivity contribution in [3.05, 3.63) is 34.9 Å². The van der Waals surface area contributed by atoms with E-state index in [-0.39, 0.29) is 6.03 Å². The lowest BCUT2D eigenvalue weighted by Crippen LogP contribution is -2.44. The predicted octanol–water partition coefficient (Wildman–Crippen LogP) is 4.21. The molecule has 0 atom stereocenters. The van der Waals surface area contributed by atoms with Crippen molar-refractivity contribution in [2.75, 3.05) is 19.6 Å². The van der Waals surface area contributed by atoms with Crippen molar-refractivity contribution < 1.29 is 4.79 Å². The van der Waals surface area contributed by atoms with Crippen LogP contribution >= 0.6 is 11.6 Å². The van der Waals surface area contributed by atoms with Crippen LogP contribution < -0.4 is 5.32 Å². The van der Waals surface area contributed by atoms with Gasteiger partial charge in [-0.2, -0.15) is 0 Å². The number of carbonyl (C=O) groups excluding carboxylic acids is 1. The quantitative estimate of drug-likeness (QED) is 0.804. The molecule has 0 unspecified atom stereocenters. The summed E-state index contributed by atoms with van der Waals surface area (Å²) in [6, 6.07) is 7.77. The standard InChI is InChI=1S/C17H27ClN2O/c1-13(2)11-20(12-14(3)4)17(21)19-10-9-15-7-5-6-8-16(15)18/h5-8,13-14H,9-12H2,1-4H3,(H,19,21). The Bertz CT molecular complexity index is 436. The molecular formula is C17H27ClN2O. The summed E-state index contributed by atoms with van der Waals surface area (Å²) < 4.78 is 0. The molecule has 2 amide bonds. The average Bonchev–Trinajstić information content (AvgIpc) is 2.39. The highest BCUT2D eigenvalue weighted by Gasteiger charge is 2.15. The summed E-state index contributed by atoms with van der Waals surface area (Å²) >= 11 is 6.12. The van der Waals surface area contributed by atoms with Crippen LogP contribution in [0.2, 0.25) is 5.02 Å². The van der Waals surface area contributed by atoms with Crippen LogP contribution in [0.15, 0.2) is 24.3 Å². The van der Waals surface area contributed by atoms with Crippen LogP contribution in [0.25, 0.3) is 0 Å². The first-order chi connectivity index (χ1) is 9.90. The number of nitrogens with zero attached hydrogens (tertiary/aromatic N) is 1. The van der Waals surface area contributed by atoms with Crippen molar-refractivity contribution >= 4 is 17.6 Å². The second kappa shape index (κ2) is 8.93. The van der Waals surface area contributed by atoms with Gasteiger partial charge in [0, 0.05) is 24.7 Å². The molecule has 21 heavy (non-hydrogen) atoms. The first-order valence-electron chi connectivity index (χ1n) is 7.66. The Kier molecular flexibility index (Phi) is 7.58. The Labute approximate surface area is 133 Å². The minimum Gasteiger partial charge on any atom is -0.338 e. The van der Waals surface area contributed by atoms with Crippen LogP contribution in [0.3, 0.4) is 0 Å². The van der Waals surface area contributed by atoms with Crippen LogP contribution in [0.1, 0.15) is 33.3 Å². The Morgan fingerprint density at radius 1 is 1.14 bits per heavy atom. The Morgan fingerprint density at radius 3 is 2.24 bits per heavy atom. The first kappa shape index (κ1) is 17.8. The van der Waals surface area contributed by atoms with Crippen LogP contribution in [0, 0.1) is 11.8 Å². The maximum atomic E-state index is 12.3. The van der Waals surface area contributed by atoms with Crippen LogP contribution in [0.4, 0.5) is 4.79 Å². The maximum Gasteiger partial charge on any atom is 0.317 e. The number of hydrogen-bond acceptors (Lipinski definition) is 1. The Morgan fingerprint density at radius 2 is 1.71 bits per heavy atom. The molecule has 0 heterocycles. The number of benzene rings is 1. The molecule has 0 bridgehead atoms. The average molecular weight is 311 g/mol. The van der Waals surface area contributed by atoms with Crippen LogP contribution in [0.5, 0.6) is 0 Å². The highest BCUT2D eigenvalue weighted by atomic mass is 35.5. The third kappa shape index (κ3) is 6.85. The van der Waals surface area contributed by atoms with Crippen molar-refractivity contribution in [2.45, 2.75) is 34.1 Å². The molecule has 3 nitrogen and oxygen atoms in total. The maximum absolute atomic E-state index is 12.3. The molecule has 0 aliphatic carbocycles. The van der Waals surface area contributed by atoms with Crippen molar-refractivity contribution in [2.24, 2.45) is 11.8 Å². The molecule has 1 rings (SSSR count). The van der Waals surface area contributed by atoms with E-state index in [2.05, 4.69) is 33.0 Å². The first-order valence-corrected chi connectivity index (χ1v) is 8.04. The third-order valence-electron chi connectivity index (χ3n) is 3.09. The van der Waals surface area contributed by atoms with Gasteiger partial charge in [0.05, 0.1) is 0 Å². The number of hydrogen-bond donors (Lipinski definition) is 1. The molecule has 4 heteroatoms. The van der Waals surface area contributed by atoms with E-state index in [0.29, 0.717) is 18.4 Å². The number of nitrogens with one attached hydrogen (secondary N) is 1. The van der Waals surface area contributed by atoms with E-state index in [1.54, 1.807) is 0 Å². The third-order valence-corrected chi connectivity index (χ3v) is 3.46. The van der Waals surface area contributed by atoms with E-state index >= 15 is 0 Å². The molecule has 0 radical (unpaired) electrons. The van der Waals surface area contributed by atoms with Gasteiger partial charge in [-0.25, -0.2) is 4.79 Å². The van der Waals surface area contributed by atoms with E-state index < -0.39 is 0 Å². The van der Waals surface area contributed by atoms with Gasteiger partial charge in [0.1, 0.15) is 0 Å². The van der Waals surface area contributed by atoms with Crippen molar-refractivity contribution in [1.82, 2.24) is 10.2 Å². The predicted molar refractivity (Wildman–Crippen MR) is 89.8 cm³/mol. The SMILES string of the molecule is CC(C)CN(CC(C)C)C(=O)NCCc1ccccc1Cl. The summed E-state index contributed by atoms with van der Waals surface area (Å²) in [4.78, 5) is 14.2. The summed E-state index contributed by atoms with van der Waals surface area (Å²) in [5, 5.41) is 3.75. The molecule has 118 valence electrons. The van der Waals surface area contributed by atoms with Crippen LogP contribution in [-0.2, 0) is 6.42 Å². The molecule has 0 aliphatic heterocycles. The fraction of sp³-hybridized carbons (Fsp3) is 0.588. The zero-order chi connectivity index (χ0) is 15.8. The molecule has 1 aromatic carbocycles. The van der Waals surface area contributed by atoms with Gasteiger partial charge in [0.2, 0.25) is 0 Å². The molecule has 0 saturated heterocycles. The number of carbonyl (C=O) groups is 1. The zero-order valence-electron chi connectivity index (χ0n) is 13.5. The number of rotatable bonds is 7. The van der Waals surface area contributed by atoms with E-state index in [1.807, 2.05) is 29.2 Å². The number of urea groups is 1. The Hall–Kier alpha value is -1.22. The number of amides is 2. The lowest BCUT2D eigenvalue weighted by molar-refractivity contribution is 0.183. The molecule has 1 N–H and O–H groups in total. The fourth-order valence-electron chi connectivity index (χ4n) is 2.24. The van der Waals surface area contributed by atoms with Gasteiger partial charge >= 0.3 is 6.03 Å². The monoisotopic (exact) mass is 310 g/mol. The van der Waals surface area contributed by atoms with E-state index in [1.165, 1.54) is 0 Å². The van der Waals surface area contributed by atoms with Crippen molar-refractivity contribution in [3.63, 3.8) is 0 Å². The highest BCUT2D eigenvalue weighted by Crippen LogP contribution is 2.14. The smallest absolute Gasteiger partial charge is 0.317 e. The van der Waals surface area contributed by atoms with Gasteiger partial charge in [0.15, 0.2) is 0 Å². The van der Waals surface area contributed by atoms with E-state index in [9.17, 15) is 4.79 Å². The van der Waals surface area contributed by atoms with E-state index in [4.69, 9.17) is 11.6 Å². The second-order valence-corrected chi connectivity index (χ2v) is 6.67. The van der Waals surface area contributed by atoms with Gasteiger partial charge in [-0.15, -0.1) is 0 Å². The van der Waals surface area contributed by atoms with Crippen LogP contribution in [-0.4, -0.2) is 30.6 Å². The van der Waals surface area contributed by atoms with Gasteiger partial charge in [-0.05, 0) is 29.9 Å². The van der Waals surface area contributed by atoms with Gasteiger partial charge < -0.3 is 10.2 Å². The molecule has 0 spiro atoms. The van der Waals surface area contributed by atoms with Gasteiger partial charge in [-0.3, -0.25) is 0 Å². The number of halogens is 1. The lowest BCUT2D eigenvalue weighted by Gasteiger charge is -2.26. The normalized spacial score (nSPS) is 11.0. The summed E-state index contributed by atoms with van der Waals surface area (Å²) in [6.07, 6.45) is 0.753. The molecule has 1 aromatic rings. The topological polar surface area (TPSA) is 32.3 Å². The summed E-state index contributed by atoms with van der Waals surface area (Å²) in [5.41, 5.74) is 1.07. The summed E-state index contributed by atoms with van der Waals surface area (Å²) in [6.45, 7) is 10.7. The van der Waals surface area contributed by atoms with E-state index in [0.717, 1.165) is 30.1 Å². The lowest BCUT2D eigenvalue weighted by atomic mass is 10.1. The summed E-state index contributed by atoms with van der Waals surface area (Å²) in [5.74, 6) is 0.941. The Balaban J connectivity index is 2.48. The molecule has 0 fully saturated rings.